The van der Waals surface area contributed by atoms with Crippen LogP contribution in [-0.4, -0.2) is 163 Å². The predicted octanol–water partition coefficient (Wildman–Crippen LogP) is -0.267. The summed E-state index contributed by atoms with van der Waals surface area (Å²) in [5.74, 6) is -8.01. The number of nitrogens with zero attached hydrogens (tertiary/aromatic N) is 3. The Balaban J connectivity index is 1.35. The van der Waals surface area contributed by atoms with Gasteiger partial charge in [-0.25, -0.2) is 9.59 Å². The molecule has 19 heteroatoms. The summed E-state index contributed by atoms with van der Waals surface area (Å²) < 4.78 is 0. The molecular formula is C36H43N7O12. The number of rotatable bonds is 24. The number of amides is 2. The average Bonchev–Trinajstić information content (AvgIpc) is 3.71. The summed E-state index contributed by atoms with van der Waals surface area (Å²) in [5, 5.41) is 54.6. The topological polar surface area (TPSA) is 286 Å². The Kier molecular flexibility index (Phi) is 14.8. The fraction of sp³-hybridized carbons (Fsp3) is 0.361. The first kappa shape index (κ1) is 41.4. The molecule has 0 unspecified atom stereocenters. The third-order valence-electron chi connectivity index (χ3n) is 8.74. The molecule has 2 amide bonds. The van der Waals surface area contributed by atoms with Gasteiger partial charge in [-0.05, 0) is 23.3 Å². The van der Waals surface area contributed by atoms with Crippen molar-refractivity contribution in [3.05, 3.63) is 72.1 Å². The second-order valence-electron chi connectivity index (χ2n) is 12.9. The molecule has 2 aromatic carbocycles. The number of nitrogens with one attached hydrogen (secondary N) is 4. The molecular weight excluding hydrogens is 722 g/mol. The molecule has 0 spiro atoms. The molecule has 0 fully saturated rings. The second kappa shape index (κ2) is 19.7. The Morgan fingerprint density at radius 3 is 1.22 bits per heavy atom. The van der Waals surface area contributed by atoms with Crippen LogP contribution in [0.2, 0.25) is 0 Å². The van der Waals surface area contributed by atoms with Crippen LogP contribution in [0.5, 0.6) is 0 Å². The van der Waals surface area contributed by atoms with Gasteiger partial charge in [0.1, 0.15) is 12.1 Å². The van der Waals surface area contributed by atoms with E-state index in [-0.39, 0.29) is 39.0 Å². The summed E-state index contributed by atoms with van der Waals surface area (Å²) in [6, 6.07) is 11.8. The van der Waals surface area contributed by atoms with E-state index in [4.69, 9.17) is 0 Å². The zero-order valence-corrected chi connectivity index (χ0v) is 29.6. The van der Waals surface area contributed by atoms with Gasteiger partial charge in [-0.3, -0.25) is 38.7 Å². The molecule has 0 bridgehead atoms. The number of aromatic nitrogens is 2. The van der Waals surface area contributed by atoms with Crippen molar-refractivity contribution >= 4 is 63.5 Å². The van der Waals surface area contributed by atoms with Gasteiger partial charge in [0.25, 0.3) is 0 Å². The maximum Gasteiger partial charge on any atom is 0.326 e. The molecule has 19 nitrogen and oxygen atoms in total. The van der Waals surface area contributed by atoms with Gasteiger partial charge in [-0.15, -0.1) is 0 Å². The minimum atomic E-state index is -1.33. The van der Waals surface area contributed by atoms with Crippen LogP contribution in [0.3, 0.4) is 0 Å². The monoisotopic (exact) mass is 765 g/mol. The maximum absolute atomic E-state index is 13.0. The molecule has 4 rings (SSSR count). The van der Waals surface area contributed by atoms with Gasteiger partial charge in [0.2, 0.25) is 11.8 Å². The summed E-state index contributed by atoms with van der Waals surface area (Å²) in [5.41, 5.74) is 2.86. The molecule has 0 aliphatic carbocycles. The van der Waals surface area contributed by atoms with E-state index in [2.05, 4.69) is 20.6 Å². The molecule has 0 aliphatic rings. The number of fused-ring (bicyclic) bond motifs is 2. The van der Waals surface area contributed by atoms with Gasteiger partial charge in [-0.2, -0.15) is 0 Å². The summed E-state index contributed by atoms with van der Waals surface area (Å²) in [6.07, 6.45) is 3.18. The van der Waals surface area contributed by atoms with E-state index in [1.165, 1.54) is 14.7 Å². The number of H-pyrrole nitrogens is 2. The van der Waals surface area contributed by atoms with Crippen molar-refractivity contribution in [1.82, 2.24) is 35.3 Å². The average molecular weight is 766 g/mol. The summed E-state index contributed by atoms with van der Waals surface area (Å²) >= 11 is 0. The molecule has 55 heavy (non-hydrogen) atoms. The zero-order valence-electron chi connectivity index (χ0n) is 29.6. The highest BCUT2D eigenvalue weighted by Gasteiger charge is 2.26. The summed E-state index contributed by atoms with van der Waals surface area (Å²) in [7, 11) is 0. The van der Waals surface area contributed by atoms with E-state index in [9.17, 15) is 59.1 Å². The highest BCUT2D eigenvalue weighted by molar-refractivity contribution is 5.89. The van der Waals surface area contributed by atoms with Gasteiger partial charge in [0.15, 0.2) is 0 Å². The van der Waals surface area contributed by atoms with Gasteiger partial charge in [0.05, 0.1) is 32.7 Å². The van der Waals surface area contributed by atoms with E-state index in [1.807, 2.05) is 24.3 Å². The Morgan fingerprint density at radius 1 is 0.509 bits per heavy atom. The van der Waals surface area contributed by atoms with Gasteiger partial charge >= 0.3 is 29.8 Å². The van der Waals surface area contributed by atoms with Crippen molar-refractivity contribution in [3.63, 3.8) is 0 Å². The Bertz CT molecular complexity index is 1880. The number of para-hydroxylation sites is 2. The van der Waals surface area contributed by atoms with E-state index in [0.29, 0.717) is 11.1 Å². The van der Waals surface area contributed by atoms with Crippen molar-refractivity contribution in [2.45, 2.75) is 24.9 Å². The minimum absolute atomic E-state index is 0.0532. The van der Waals surface area contributed by atoms with Crippen molar-refractivity contribution < 1.29 is 59.1 Å². The molecule has 2 atom stereocenters. The SMILES string of the molecule is O=C(O)CN(CCN(CC(=O)O)CC(=O)N[C@@H](Cc1c[nH]c2ccccc12)C(=O)O)CCN(CC(=O)O)CC(=O)N[C@@H](Cc1c[nH]c2ccccc12)C(=O)O. The first-order chi connectivity index (χ1) is 26.2. The largest absolute Gasteiger partial charge is 0.480 e. The van der Waals surface area contributed by atoms with Crippen LogP contribution in [0.1, 0.15) is 11.1 Å². The first-order valence-corrected chi connectivity index (χ1v) is 17.1. The zero-order chi connectivity index (χ0) is 40.1. The molecule has 9 N–H and O–H groups in total. The molecule has 4 aromatic rings. The number of benzene rings is 2. The fourth-order valence-corrected chi connectivity index (χ4v) is 6.16. The molecule has 294 valence electrons. The standard InChI is InChI=1S/C36H43N7O12/c44-30(39-28(35(52)53)13-22-15-37-26-7-3-1-5-24(22)26)17-42(20-33(48)49)11-9-41(19-32(46)47)10-12-43(21-34(50)51)18-31(45)40-29(36(54)55)14-23-16-38-27-8-4-2-6-25(23)27/h1-8,15-16,28-29,37-38H,9-14,17-21H2,(H,39,44)(H,40,45)(H,46,47)(H,48,49)(H,50,51)(H,52,53)(H,54,55)/t28-,29-/m0/s1. The van der Waals surface area contributed by atoms with Crippen LogP contribution in [0.25, 0.3) is 21.8 Å². The number of hydrogen-bond acceptors (Lipinski definition) is 10. The van der Waals surface area contributed by atoms with Gasteiger partial charge in [0, 0.05) is 73.2 Å². The van der Waals surface area contributed by atoms with Crippen molar-refractivity contribution in [2.24, 2.45) is 0 Å². The molecule has 0 aliphatic heterocycles. The quantitative estimate of drug-likeness (QED) is 0.0444. The molecule has 0 saturated heterocycles. The van der Waals surface area contributed by atoms with Crippen LogP contribution < -0.4 is 10.6 Å². The van der Waals surface area contributed by atoms with Crippen LogP contribution >= 0.6 is 0 Å². The first-order valence-electron chi connectivity index (χ1n) is 17.1. The number of carboxylic acids is 5. The number of carbonyl (C=O) groups is 7. The van der Waals surface area contributed by atoms with Crippen LogP contribution in [0.4, 0.5) is 0 Å². The van der Waals surface area contributed by atoms with E-state index < -0.39 is 86.5 Å². The third-order valence-corrected chi connectivity index (χ3v) is 8.74. The molecule has 0 saturated carbocycles. The molecule has 2 heterocycles. The lowest BCUT2D eigenvalue weighted by atomic mass is 10.0. The normalized spacial score (nSPS) is 12.6. The lowest BCUT2D eigenvalue weighted by Crippen LogP contribution is -2.50. The van der Waals surface area contributed by atoms with E-state index in [1.54, 1.807) is 36.7 Å². The van der Waals surface area contributed by atoms with Crippen molar-refractivity contribution in [3.8, 4) is 0 Å². The van der Waals surface area contributed by atoms with E-state index >= 15 is 0 Å². The second-order valence-corrected chi connectivity index (χ2v) is 12.9. The smallest absolute Gasteiger partial charge is 0.326 e. The number of hydrogen-bond donors (Lipinski definition) is 9. The Hall–Kier alpha value is -6.31. The number of carboxylic acid groups (broad SMARTS) is 5. The third kappa shape index (κ3) is 12.9. The fourth-order valence-electron chi connectivity index (χ4n) is 6.16. The summed E-state index contributed by atoms with van der Waals surface area (Å²) in [4.78, 5) is 94.9. The highest BCUT2D eigenvalue weighted by atomic mass is 16.4. The Labute approximate surface area is 313 Å². The lowest BCUT2D eigenvalue weighted by molar-refractivity contribution is -0.143. The van der Waals surface area contributed by atoms with Crippen molar-refractivity contribution in [1.29, 1.82) is 0 Å². The number of carbonyl (C=O) groups excluding carboxylic acids is 2. The number of aliphatic carboxylic acids is 5. The molecule has 0 radical (unpaired) electrons. The van der Waals surface area contributed by atoms with Crippen molar-refractivity contribution in [2.75, 3.05) is 58.9 Å². The highest BCUT2D eigenvalue weighted by Crippen LogP contribution is 2.20. The number of aromatic amines is 2. The van der Waals surface area contributed by atoms with Crippen LogP contribution in [-0.2, 0) is 46.4 Å². The molecule has 2 aromatic heterocycles. The van der Waals surface area contributed by atoms with Crippen LogP contribution in [0, 0.1) is 0 Å². The van der Waals surface area contributed by atoms with Gasteiger partial charge < -0.3 is 46.1 Å². The lowest BCUT2D eigenvalue weighted by Gasteiger charge is -2.28. The minimum Gasteiger partial charge on any atom is -0.480 e. The summed E-state index contributed by atoms with van der Waals surface area (Å²) in [6.45, 7) is -3.41. The maximum atomic E-state index is 13.0. The van der Waals surface area contributed by atoms with E-state index in [0.717, 1.165) is 21.8 Å². The predicted molar refractivity (Wildman–Crippen MR) is 195 cm³/mol. The van der Waals surface area contributed by atoms with Gasteiger partial charge in [-0.1, -0.05) is 36.4 Å². The van der Waals surface area contributed by atoms with Crippen LogP contribution in [0.15, 0.2) is 60.9 Å². The Morgan fingerprint density at radius 2 is 0.855 bits per heavy atom.